The highest BCUT2D eigenvalue weighted by atomic mass is 16.6. The number of ether oxygens (including phenoxy) is 1. The zero-order valence-electron chi connectivity index (χ0n) is 15.1. The smallest absolute Gasteiger partial charge is 0.338 e. The van der Waals surface area contributed by atoms with Crippen LogP contribution in [0.4, 0.5) is 11.4 Å². The van der Waals surface area contributed by atoms with Gasteiger partial charge in [0.2, 0.25) is 0 Å². The van der Waals surface area contributed by atoms with Gasteiger partial charge in [-0.15, -0.1) is 0 Å². The molecule has 0 saturated carbocycles. The first-order valence-corrected chi connectivity index (χ1v) is 7.99. The average Bonchev–Trinajstić information content (AvgIpc) is 2.58. The lowest BCUT2D eigenvalue weighted by atomic mass is 10.1. The van der Waals surface area contributed by atoms with Gasteiger partial charge in [0.1, 0.15) is 5.69 Å². The van der Waals surface area contributed by atoms with Crippen LogP contribution in [-0.2, 0) is 9.53 Å². The lowest BCUT2D eigenvalue weighted by Crippen LogP contribution is -2.22. The molecule has 26 heavy (non-hydrogen) atoms. The van der Waals surface area contributed by atoms with E-state index in [1.807, 2.05) is 13.0 Å². The fourth-order valence-corrected chi connectivity index (χ4v) is 2.45. The van der Waals surface area contributed by atoms with Crippen LogP contribution in [0.25, 0.3) is 0 Å². The van der Waals surface area contributed by atoms with E-state index in [1.54, 1.807) is 39.0 Å². The molecular formula is C19H20N2O5. The number of hydrogen-bond acceptors (Lipinski definition) is 5. The van der Waals surface area contributed by atoms with E-state index >= 15 is 0 Å². The van der Waals surface area contributed by atoms with Gasteiger partial charge in [-0.1, -0.05) is 23.8 Å². The van der Waals surface area contributed by atoms with E-state index in [2.05, 4.69) is 5.32 Å². The van der Waals surface area contributed by atoms with Crippen molar-refractivity contribution in [1.29, 1.82) is 0 Å². The summed E-state index contributed by atoms with van der Waals surface area (Å²) >= 11 is 0. The maximum atomic E-state index is 12.2. The normalized spacial score (nSPS) is 10.3. The minimum Gasteiger partial charge on any atom is -0.452 e. The molecule has 0 aliphatic heterocycles. The van der Waals surface area contributed by atoms with Crippen molar-refractivity contribution in [2.24, 2.45) is 0 Å². The van der Waals surface area contributed by atoms with Crippen molar-refractivity contribution >= 4 is 23.3 Å². The largest absolute Gasteiger partial charge is 0.452 e. The molecule has 0 fully saturated rings. The molecule has 2 rings (SSSR count). The summed E-state index contributed by atoms with van der Waals surface area (Å²) in [5.41, 5.74) is 3.33. The van der Waals surface area contributed by atoms with Crippen LogP contribution >= 0.6 is 0 Å². The van der Waals surface area contributed by atoms with Gasteiger partial charge in [0.15, 0.2) is 6.61 Å². The Balaban J connectivity index is 2.10. The van der Waals surface area contributed by atoms with Gasteiger partial charge in [0.25, 0.3) is 11.6 Å². The SMILES string of the molecule is Cc1ccc(C)c(C(=O)OCC(=O)Nc2c([N+](=O)[O-])ccc(C)c2C)c1. The number of carbonyl (C=O) groups is 2. The van der Waals surface area contributed by atoms with Crippen LogP contribution in [0, 0.1) is 37.8 Å². The summed E-state index contributed by atoms with van der Waals surface area (Å²) in [6.45, 7) is 6.56. The molecule has 7 heteroatoms. The second-order valence-corrected chi connectivity index (χ2v) is 6.10. The molecule has 0 spiro atoms. The van der Waals surface area contributed by atoms with E-state index < -0.39 is 23.4 Å². The first-order valence-electron chi connectivity index (χ1n) is 7.99. The van der Waals surface area contributed by atoms with Crippen LogP contribution in [0.1, 0.15) is 32.6 Å². The van der Waals surface area contributed by atoms with E-state index in [0.717, 1.165) is 16.7 Å². The number of benzene rings is 2. The monoisotopic (exact) mass is 356 g/mol. The third-order valence-corrected chi connectivity index (χ3v) is 4.12. The van der Waals surface area contributed by atoms with Crippen LogP contribution in [0.15, 0.2) is 30.3 Å². The molecule has 0 aliphatic carbocycles. The van der Waals surface area contributed by atoms with Crippen molar-refractivity contribution in [3.8, 4) is 0 Å². The van der Waals surface area contributed by atoms with Gasteiger partial charge in [-0.05, 0) is 50.5 Å². The van der Waals surface area contributed by atoms with Crippen LogP contribution in [0.3, 0.4) is 0 Å². The van der Waals surface area contributed by atoms with Gasteiger partial charge in [-0.25, -0.2) is 4.79 Å². The maximum Gasteiger partial charge on any atom is 0.338 e. The first kappa shape index (κ1) is 19.1. The number of rotatable bonds is 5. The summed E-state index contributed by atoms with van der Waals surface area (Å²) in [6, 6.07) is 8.30. The number of carbonyl (C=O) groups excluding carboxylic acids is 2. The summed E-state index contributed by atoms with van der Waals surface area (Å²) in [5.74, 6) is -1.25. The molecule has 0 aromatic heterocycles. The third-order valence-electron chi connectivity index (χ3n) is 4.12. The minimum absolute atomic E-state index is 0.114. The van der Waals surface area contributed by atoms with E-state index in [4.69, 9.17) is 4.74 Å². The molecule has 0 saturated heterocycles. The Kier molecular flexibility index (Phi) is 5.71. The van der Waals surface area contributed by atoms with E-state index in [-0.39, 0.29) is 11.4 Å². The van der Waals surface area contributed by atoms with E-state index in [9.17, 15) is 19.7 Å². The standard InChI is InChI=1S/C19H20N2O5/c1-11-5-6-13(3)15(9-11)19(23)26-10-17(22)20-18-14(4)12(2)7-8-16(18)21(24)25/h5-9H,10H2,1-4H3,(H,20,22). The predicted molar refractivity (Wildman–Crippen MR) is 97.4 cm³/mol. The van der Waals surface area contributed by atoms with Gasteiger partial charge in [-0.2, -0.15) is 0 Å². The molecular weight excluding hydrogens is 336 g/mol. The van der Waals surface area contributed by atoms with Crippen molar-refractivity contribution in [1.82, 2.24) is 0 Å². The van der Waals surface area contributed by atoms with Crippen LogP contribution in [0.5, 0.6) is 0 Å². The molecule has 7 nitrogen and oxygen atoms in total. The summed E-state index contributed by atoms with van der Waals surface area (Å²) in [7, 11) is 0. The number of nitrogens with zero attached hydrogens (tertiary/aromatic N) is 1. The lowest BCUT2D eigenvalue weighted by Gasteiger charge is -2.12. The molecule has 2 aromatic carbocycles. The molecule has 0 radical (unpaired) electrons. The lowest BCUT2D eigenvalue weighted by molar-refractivity contribution is -0.384. The Bertz CT molecular complexity index is 890. The van der Waals surface area contributed by atoms with Gasteiger partial charge >= 0.3 is 5.97 Å². The summed E-state index contributed by atoms with van der Waals surface area (Å²) < 4.78 is 5.05. The summed E-state index contributed by atoms with van der Waals surface area (Å²) in [5, 5.41) is 13.6. The Morgan fingerprint density at radius 1 is 1.08 bits per heavy atom. The van der Waals surface area contributed by atoms with Gasteiger partial charge < -0.3 is 10.1 Å². The maximum absolute atomic E-state index is 12.2. The molecule has 0 aliphatic rings. The predicted octanol–water partition coefficient (Wildman–Crippen LogP) is 3.62. The Morgan fingerprint density at radius 2 is 1.73 bits per heavy atom. The van der Waals surface area contributed by atoms with Crippen molar-refractivity contribution < 1.29 is 19.2 Å². The van der Waals surface area contributed by atoms with Crippen molar-refractivity contribution in [2.45, 2.75) is 27.7 Å². The molecule has 0 atom stereocenters. The molecule has 0 bridgehead atoms. The quantitative estimate of drug-likeness (QED) is 0.501. The Hall–Kier alpha value is -3.22. The fourth-order valence-electron chi connectivity index (χ4n) is 2.45. The van der Waals surface area contributed by atoms with E-state index in [1.165, 1.54) is 6.07 Å². The number of hydrogen-bond donors (Lipinski definition) is 1. The molecule has 136 valence electrons. The molecule has 1 N–H and O–H groups in total. The van der Waals surface area contributed by atoms with Crippen LogP contribution in [0.2, 0.25) is 0 Å². The zero-order valence-corrected chi connectivity index (χ0v) is 15.1. The van der Waals surface area contributed by atoms with Crippen LogP contribution in [-0.4, -0.2) is 23.4 Å². The number of aryl methyl sites for hydroxylation is 3. The number of esters is 1. The Morgan fingerprint density at radius 3 is 2.38 bits per heavy atom. The second kappa shape index (κ2) is 7.77. The van der Waals surface area contributed by atoms with Gasteiger partial charge in [0.05, 0.1) is 10.5 Å². The van der Waals surface area contributed by atoms with E-state index in [0.29, 0.717) is 11.1 Å². The number of amides is 1. The number of nitro groups is 1. The fraction of sp³-hybridized carbons (Fsp3) is 0.263. The summed E-state index contributed by atoms with van der Waals surface area (Å²) in [6.07, 6.45) is 0. The highest BCUT2D eigenvalue weighted by molar-refractivity contribution is 5.98. The first-order chi connectivity index (χ1) is 12.2. The number of anilines is 1. The second-order valence-electron chi connectivity index (χ2n) is 6.10. The van der Waals surface area contributed by atoms with Crippen molar-refractivity contribution in [3.63, 3.8) is 0 Å². The molecule has 1 amide bonds. The van der Waals surface area contributed by atoms with Crippen molar-refractivity contribution in [3.05, 3.63) is 68.3 Å². The summed E-state index contributed by atoms with van der Waals surface area (Å²) in [4.78, 5) is 34.9. The van der Waals surface area contributed by atoms with Crippen LogP contribution < -0.4 is 5.32 Å². The third kappa shape index (κ3) is 4.24. The Labute approximate surface area is 151 Å². The van der Waals surface area contributed by atoms with Gasteiger partial charge in [-0.3, -0.25) is 14.9 Å². The number of nitrogens with one attached hydrogen (secondary N) is 1. The highest BCUT2D eigenvalue weighted by Gasteiger charge is 2.20. The van der Waals surface area contributed by atoms with Crippen molar-refractivity contribution in [2.75, 3.05) is 11.9 Å². The average molecular weight is 356 g/mol. The molecule has 0 heterocycles. The zero-order chi connectivity index (χ0) is 19.4. The minimum atomic E-state index is -0.638. The number of nitro benzene ring substituents is 1. The van der Waals surface area contributed by atoms with Gasteiger partial charge in [0, 0.05) is 6.07 Å². The molecule has 0 unspecified atom stereocenters. The molecule has 2 aromatic rings. The highest BCUT2D eigenvalue weighted by Crippen LogP contribution is 2.30. The topological polar surface area (TPSA) is 98.5 Å².